The topological polar surface area (TPSA) is 174 Å². The zero-order valence-electron chi connectivity index (χ0n) is 32.3. The van der Waals surface area contributed by atoms with E-state index in [0.29, 0.717) is 15.3 Å². The summed E-state index contributed by atoms with van der Waals surface area (Å²) in [6.07, 6.45) is 16.1. The van der Waals surface area contributed by atoms with E-state index in [9.17, 15) is 14.4 Å². The van der Waals surface area contributed by atoms with Crippen LogP contribution >= 0.6 is 22.7 Å². The van der Waals surface area contributed by atoms with Gasteiger partial charge in [-0.3, -0.25) is 24.4 Å². The van der Waals surface area contributed by atoms with E-state index in [4.69, 9.17) is 17.2 Å². The zero-order valence-corrected chi connectivity index (χ0v) is 34.0. The van der Waals surface area contributed by atoms with Crippen molar-refractivity contribution < 1.29 is 14.4 Å². The summed E-state index contributed by atoms with van der Waals surface area (Å²) in [5, 5.41) is 5.52. The van der Waals surface area contributed by atoms with Crippen molar-refractivity contribution in [3.63, 3.8) is 0 Å². The molecule has 298 valence electrons. The number of nitrogens with one attached hydrogen (secondary N) is 1. The molecule has 0 spiro atoms. The van der Waals surface area contributed by atoms with Crippen LogP contribution in [0.5, 0.6) is 0 Å². The highest BCUT2D eigenvalue weighted by Gasteiger charge is 2.14. The number of likely N-dealkylation sites (tertiary alicyclic amines) is 2. The van der Waals surface area contributed by atoms with Gasteiger partial charge in [0.1, 0.15) is 6.29 Å². The molecule has 13 heteroatoms. The first-order chi connectivity index (χ1) is 27.8. The summed E-state index contributed by atoms with van der Waals surface area (Å²) in [5.41, 5.74) is 22.0. The quantitative estimate of drug-likeness (QED) is 0.0755. The molecule has 0 atom stereocenters. The number of pyridine rings is 2. The normalized spacial score (nSPS) is 14.7. The molecule has 0 bridgehead atoms. The van der Waals surface area contributed by atoms with Crippen LogP contribution in [0.4, 0.5) is 0 Å². The average molecular weight is 805 g/mol. The number of fused-ring (bicyclic) bond motifs is 2. The lowest BCUT2D eigenvalue weighted by molar-refractivity contribution is 0.0995. The second-order valence-corrected chi connectivity index (χ2v) is 16.5. The van der Waals surface area contributed by atoms with Gasteiger partial charge in [-0.15, -0.1) is 22.7 Å². The summed E-state index contributed by atoms with van der Waals surface area (Å²) in [6.45, 7) is 9.92. The fourth-order valence-electron chi connectivity index (χ4n) is 7.27. The van der Waals surface area contributed by atoms with Gasteiger partial charge >= 0.3 is 0 Å². The minimum Gasteiger partial charge on any atom is -0.365 e. The molecule has 0 radical (unpaired) electrons. The number of thiophene rings is 2. The van der Waals surface area contributed by atoms with Crippen molar-refractivity contribution in [1.82, 2.24) is 25.1 Å². The third-order valence-corrected chi connectivity index (χ3v) is 12.4. The molecule has 0 unspecified atom stereocenters. The van der Waals surface area contributed by atoms with Crippen LogP contribution in [-0.4, -0.2) is 90.2 Å². The molecule has 7 N–H and O–H groups in total. The van der Waals surface area contributed by atoms with Gasteiger partial charge in [-0.2, -0.15) is 0 Å². The van der Waals surface area contributed by atoms with Crippen molar-refractivity contribution in [2.24, 2.45) is 17.2 Å². The highest BCUT2D eigenvalue weighted by atomic mass is 32.1. The molecule has 8 rings (SSSR count). The molecule has 2 aliphatic rings. The van der Waals surface area contributed by atoms with Crippen molar-refractivity contribution in [3.05, 3.63) is 106 Å². The predicted molar refractivity (Wildman–Crippen MR) is 234 cm³/mol. The smallest absolute Gasteiger partial charge is 0.258 e. The molecule has 2 aliphatic heterocycles. The summed E-state index contributed by atoms with van der Waals surface area (Å²) in [7, 11) is 0. The number of carbonyl (C=O) groups is 3. The zero-order chi connectivity index (χ0) is 40.0. The van der Waals surface area contributed by atoms with Gasteiger partial charge in [-0.25, -0.2) is 0 Å². The molecule has 2 saturated heterocycles. The van der Waals surface area contributed by atoms with Crippen molar-refractivity contribution in [2.45, 2.75) is 45.1 Å². The van der Waals surface area contributed by atoms with E-state index in [0.717, 1.165) is 81.4 Å². The number of rotatable bonds is 12. The highest BCUT2D eigenvalue weighted by Crippen LogP contribution is 2.35. The van der Waals surface area contributed by atoms with Gasteiger partial charge in [-0.1, -0.05) is 49.2 Å². The van der Waals surface area contributed by atoms with E-state index in [1.54, 1.807) is 36.8 Å². The van der Waals surface area contributed by atoms with E-state index in [1.807, 2.05) is 24.4 Å². The predicted octanol–water partition coefficient (Wildman–Crippen LogP) is 6.94. The lowest BCUT2D eigenvalue weighted by Gasteiger charge is -2.26. The van der Waals surface area contributed by atoms with Crippen LogP contribution in [0.1, 0.15) is 73.8 Å². The highest BCUT2D eigenvalue weighted by molar-refractivity contribution is 7.21. The van der Waals surface area contributed by atoms with Crippen molar-refractivity contribution in [2.75, 3.05) is 52.4 Å². The summed E-state index contributed by atoms with van der Waals surface area (Å²) < 4.78 is 1.88. The minimum absolute atomic E-state index is 0.390. The lowest BCUT2D eigenvalue weighted by Crippen LogP contribution is -2.35. The number of piperidine rings is 2. The molecule has 11 nitrogen and oxygen atoms in total. The number of primary amides is 2. The Kier molecular flexibility index (Phi) is 15.4. The number of carbonyl (C=O) groups excluding carboxylic acids is 3. The molecule has 57 heavy (non-hydrogen) atoms. The monoisotopic (exact) mass is 804 g/mol. The number of aldehydes is 1. The Bertz CT molecular complexity index is 2260. The molecule has 0 saturated carbocycles. The van der Waals surface area contributed by atoms with E-state index >= 15 is 0 Å². The molecule has 2 fully saturated rings. The molecule has 2 amide bonds. The standard InChI is InChI=1S/C22H26N4OS.C15H10N2O2S.C7H16N2/c23-22(27)20-12-18-19(14-25-15-21(18)28-20)17-6-4-5-16(11-17)13-24-7-10-26-8-2-1-3-9-26;16-15(19)13-5-11-12(6-17-7-14(11)20-13)10-3-1-2-9(4-10)8-18;8-4-7-9-5-2-1-3-6-9/h4-6,11-12,14-15,24H,1-3,7-10,13H2,(H2,23,27);1-8H,(H2,16,19);1-8H2. The second kappa shape index (κ2) is 21.0. The SMILES string of the molecule is NC(=O)c1cc2c(-c3cccc(C=O)c3)cncc2s1.NC(=O)c1cc2c(-c3cccc(CNCCN4CCCCC4)c3)cncc2s1.NCCN1CCCCC1. The Hall–Kier alpha value is -4.89. The third kappa shape index (κ3) is 11.6. The Labute approximate surface area is 342 Å². The maximum Gasteiger partial charge on any atom is 0.258 e. The molecule has 6 heterocycles. The van der Waals surface area contributed by atoms with Gasteiger partial charge < -0.3 is 32.3 Å². The van der Waals surface area contributed by atoms with Crippen molar-refractivity contribution in [3.8, 4) is 22.3 Å². The summed E-state index contributed by atoms with van der Waals surface area (Å²) in [5.74, 6) is -0.836. The number of nitrogens with two attached hydrogens (primary N) is 3. The minimum atomic E-state index is -0.446. The summed E-state index contributed by atoms with van der Waals surface area (Å²) >= 11 is 2.71. The summed E-state index contributed by atoms with van der Waals surface area (Å²) in [4.78, 5) is 48.3. The van der Waals surface area contributed by atoms with Crippen LogP contribution in [0.2, 0.25) is 0 Å². The van der Waals surface area contributed by atoms with E-state index in [1.165, 1.54) is 92.9 Å². The van der Waals surface area contributed by atoms with Crippen molar-refractivity contribution in [1.29, 1.82) is 0 Å². The largest absolute Gasteiger partial charge is 0.365 e. The van der Waals surface area contributed by atoms with Crippen LogP contribution < -0.4 is 22.5 Å². The van der Waals surface area contributed by atoms with Crippen LogP contribution in [0.25, 0.3) is 42.4 Å². The first-order valence-electron chi connectivity index (χ1n) is 19.7. The van der Waals surface area contributed by atoms with Gasteiger partial charge in [0.05, 0.1) is 19.2 Å². The van der Waals surface area contributed by atoms with Crippen LogP contribution in [0.3, 0.4) is 0 Å². The Morgan fingerprint density at radius 1 is 0.684 bits per heavy atom. The van der Waals surface area contributed by atoms with Gasteiger partial charge in [0.25, 0.3) is 11.8 Å². The van der Waals surface area contributed by atoms with E-state index in [2.05, 4.69) is 49.4 Å². The van der Waals surface area contributed by atoms with Crippen LogP contribution in [0.15, 0.2) is 85.5 Å². The molecule has 4 aromatic heterocycles. The molecule has 2 aromatic carbocycles. The van der Waals surface area contributed by atoms with Gasteiger partial charge in [0.2, 0.25) is 0 Å². The first kappa shape index (κ1) is 41.7. The Morgan fingerprint density at radius 3 is 1.74 bits per heavy atom. The Morgan fingerprint density at radius 2 is 1.21 bits per heavy atom. The number of amides is 2. The maximum atomic E-state index is 11.5. The number of nitrogens with zero attached hydrogens (tertiary/aromatic N) is 4. The van der Waals surface area contributed by atoms with E-state index < -0.39 is 5.91 Å². The van der Waals surface area contributed by atoms with Gasteiger partial charge in [0, 0.05) is 85.0 Å². The number of hydrogen-bond acceptors (Lipinski definition) is 11. The third-order valence-electron chi connectivity index (χ3n) is 10.2. The van der Waals surface area contributed by atoms with Gasteiger partial charge in [-0.05, 0) is 92.8 Å². The first-order valence-corrected chi connectivity index (χ1v) is 21.3. The number of aromatic nitrogens is 2. The van der Waals surface area contributed by atoms with Gasteiger partial charge in [0.15, 0.2) is 0 Å². The second-order valence-electron chi connectivity index (χ2n) is 14.4. The fraction of sp³-hybridized carbons (Fsp3) is 0.341. The Balaban J connectivity index is 0.000000164. The number of hydrogen-bond donors (Lipinski definition) is 4. The molecule has 6 aromatic rings. The molecular weight excluding hydrogens is 753 g/mol. The maximum absolute atomic E-state index is 11.5. The van der Waals surface area contributed by atoms with Crippen molar-refractivity contribution >= 4 is 60.9 Å². The molecule has 0 aliphatic carbocycles. The molecular formula is C44H52N8O3S2. The summed E-state index contributed by atoms with van der Waals surface area (Å²) in [6, 6.07) is 19.4. The fourth-order valence-corrected chi connectivity index (χ4v) is 9.08. The number of benzene rings is 2. The van der Waals surface area contributed by atoms with Crippen LogP contribution in [0, 0.1) is 0 Å². The van der Waals surface area contributed by atoms with E-state index in [-0.39, 0.29) is 5.91 Å². The lowest BCUT2D eigenvalue weighted by atomic mass is 10.0. The average Bonchev–Trinajstić information content (AvgIpc) is 3.90. The van der Waals surface area contributed by atoms with Crippen LogP contribution in [-0.2, 0) is 6.54 Å².